The number of anilines is 1. The lowest BCUT2D eigenvalue weighted by molar-refractivity contribution is 0.102. The van der Waals surface area contributed by atoms with Gasteiger partial charge in [0.25, 0.3) is 5.91 Å². The first-order chi connectivity index (χ1) is 11.1. The van der Waals surface area contributed by atoms with Gasteiger partial charge in [0.15, 0.2) is 5.13 Å². The SMILES string of the molecule is Cc1nc2ccccn2c1C(=O)Nc1nc2c(s1)CN(C)CC2. The van der Waals surface area contributed by atoms with Crippen molar-refractivity contribution in [3.63, 3.8) is 0 Å². The van der Waals surface area contributed by atoms with Crippen molar-refractivity contribution in [1.82, 2.24) is 19.3 Å². The molecule has 6 nitrogen and oxygen atoms in total. The highest BCUT2D eigenvalue weighted by Crippen LogP contribution is 2.28. The second-order valence-corrected chi connectivity index (χ2v) is 6.89. The number of thiazole rings is 1. The Balaban J connectivity index is 1.64. The molecule has 0 radical (unpaired) electrons. The minimum Gasteiger partial charge on any atom is -0.301 e. The van der Waals surface area contributed by atoms with Crippen LogP contribution in [0.15, 0.2) is 24.4 Å². The average Bonchev–Trinajstić information content (AvgIpc) is 3.05. The van der Waals surface area contributed by atoms with E-state index >= 15 is 0 Å². The van der Waals surface area contributed by atoms with Crippen molar-refractivity contribution >= 4 is 28.0 Å². The zero-order valence-electron chi connectivity index (χ0n) is 13.0. The van der Waals surface area contributed by atoms with Gasteiger partial charge >= 0.3 is 0 Å². The third-order valence-electron chi connectivity index (χ3n) is 4.06. The van der Waals surface area contributed by atoms with E-state index < -0.39 is 0 Å². The topological polar surface area (TPSA) is 62.5 Å². The second-order valence-electron chi connectivity index (χ2n) is 5.81. The molecule has 0 saturated heterocycles. The molecule has 0 aromatic carbocycles. The molecule has 3 aromatic heterocycles. The van der Waals surface area contributed by atoms with E-state index in [0.717, 1.165) is 36.5 Å². The molecule has 0 spiro atoms. The molecular weight excluding hydrogens is 310 g/mol. The van der Waals surface area contributed by atoms with E-state index in [1.165, 1.54) is 4.88 Å². The van der Waals surface area contributed by atoms with Gasteiger partial charge < -0.3 is 4.90 Å². The highest BCUT2D eigenvalue weighted by atomic mass is 32.1. The third kappa shape index (κ3) is 2.51. The summed E-state index contributed by atoms with van der Waals surface area (Å²) in [4.78, 5) is 25.2. The van der Waals surface area contributed by atoms with Gasteiger partial charge in [-0.3, -0.25) is 14.5 Å². The molecule has 4 heterocycles. The Bertz CT molecular complexity index is 897. The molecule has 1 amide bonds. The number of nitrogens with one attached hydrogen (secondary N) is 1. The fraction of sp³-hybridized carbons (Fsp3) is 0.312. The van der Waals surface area contributed by atoms with Gasteiger partial charge in [0.1, 0.15) is 11.3 Å². The van der Waals surface area contributed by atoms with Crippen LogP contribution in [0.25, 0.3) is 5.65 Å². The lowest BCUT2D eigenvalue weighted by Gasteiger charge is -2.20. The number of hydrogen-bond acceptors (Lipinski definition) is 5. The van der Waals surface area contributed by atoms with Crippen LogP contribution < -0.4 is 5.32 Å². The number of aryl methyl sites for hydroxylation is 1. The van der Waals surface area contributed by atoms with E-state index in [4.69, 9.17) is 0 Å². The molecular formula is C16H17N5OS. The predicted octanol–water partition coefficient (Wildman–Crippen LogP) is 2.34. The van der Waals surface area contributed by atoms with Gasteiger partial charge in [0.05, 0.1) is 11.4 Å². The highest BCUT2D eigenvalue weighted by molar-refractivity contribution is 7.15. The maximum atomic E-state index is 12.7. The van der Waals surface area contributed by atoms with Crippen molar-refractivity contribution in [1.29, 1.82) is 0 Å². The Morgan fingerprint density at radius 2 is 2.22 bits per heavy atom. The smallest absolute Gasteiger partial charge is 0.276 e. The first-order valence-electron chi connectivity index (χ1n) is 7.54. The molecule has 4 rings (SSSR count). The minimum atomic E-state index is -0.166. The summed E-state index contributed by atoms with van der Waals surface area (Å²) >= 11 is 1.56. The summed E-state index contributed by atoms with van der Waals surface area (Å²) < 4.78 is 1.81. The molecule has 1 N–H and O–H groups in total. The number of nitrogens with zero attached hydrogens (tertiary/aromatic N) is 4. The van der Waals surface area contributed by atoms with Crippen LogP contribution in [0.5, 0.6) is 0 Å². The van der Waals surface area contributed by atoms with Crippen LogP contribution in [-0.4, -0.2) is 38.8 Å². The van der Waals surface area contributed by atoms with Crippen molar-refractivity contribution in [2.45, 2.75) is 19.9 Å². The molecule has 0 saturated carbocycles. The summed E-state index contributed by atoms with van der Waals surface area (Å²) in [6.45, 7) is 3.76. The minimum absolute atomic E-state index is 0.166. The fourth-order valence-electron chi connectivity index (χ4n) is 2.92. The summed E-state index contributed by atoms with van der Waals surface area (Å²) in [7, 11) is 2.10. The molecule has 0 atom stereocenters. The molecule has 3 aromatic rings. The number of imidazole rings is 1. The fourth-order valence-corrected chi connectivity index (χ4v) is 4.00. The first-order valence-corrected chi connectivity index (χ1v) is 8.35. The Morgan fingerprint density at radius 1 is 1.35 bits per heavy atom. The van der Waals surface area contributed by atoms with Crippen LogP contribution in [0.2, 0.25) is 0 Å². The second kappa shape index (κ2) is 5.43. The molecule has 7 heteroatoms. The van der Waals surface area contributed by atoms with Crippen molar-refractivity contribution in [3.05, 3.63) is 46.4 Å². The van der Waals surface area contributed by atoms with E-state index in [-0.39, 0.29) is 5.91 Å². The van der Waals surface area contributed by atoms with E-state index in [0.29, 0.717) is 10.8 Å². The van der Waals surface area contributed by atoms with Crippen LogP contribution in [0.1, 0.15) is 26.8 Å². The van der Waals surface area contributed by atoms with Gasteiger partial charge in [-0.15, -0.1) is 11.3 Å². The Hall–Kier alpha value is -2.25. The molecule has 1 aliphatic heterocycles. The number of rotatable bonds is 2. The number of carbonyl (C=O) groups excluding carboxylic acids is 1. The van der Waals surface area contributed by atoms with Gasteiger partial charge in [0, 0.05) is 30.6 Å². The molecule has 23 heavy (non-hydrogen) atoms. The average molecular weight is 327 g/mol. The van der Waals surface area contributed by atoms with Crippen molar-refractivity contribution in [3.8, 4) is 0 Å². The zero-order valence-corrected chi connectivity index (χ0v) is 13.9. The highest BCUT2D eigenvalue weighted by Gasteiger charge is 2.21. The van der Waals surface area contributed by atoms with Gasteiger partial charge in [-0.05, 0) is 26.1 Å². The van der Waals surface area contributed by atoms with Gasteiger partial charge in [0.2, 0.25) is 0 Å². The number of likely N-dealkylation sites (N-methyl/N-ethyl adjacent to an activating group) is 1. The summed E-state index contributed by atoms with van der Waals surface area (Å²) in [6, 6.07) is 5.69. The predicted molar refractivity (Wildman–Crippen MR) is 90.0 cm³/mol. The van der Waals surface area contributed by atoms with E-state index in [1.54, 1.807) is 11.3 Å². The maximum absolute atomic E-state index is 12.7. The summed E-state index contributed by atoms with van der Waals surface area (Å²) in [6.07, 6.45) is 2.79. The van der Waals surface area contributed by atoms with Gasteiger partial charge in [-0.1, -0.05) is 6.07 Å². The van der Waals surface area contributed by atoms with Crippen molar-refractivity contribution in [2.75, 3.05) is 18.9 Å². The number of aromatic nitrogens is 3. The number of carbonyl (C=O) groups is 1. The largest absolute Gasteiger partial charge is 0.301 e. The van der Waals surface area contributed by atoms with Crippen molar-refractivity contribution < 1.29 is 4.79 Å². The lowest BCUT2D eigenvalue weighted by Crippen LogP contribution is -2.25. The van der Waals surface area contributed by atoms with Crippen LogP contribution in [0.4, 0.5) is 5.13 Å². The molecule has 0 bridgehead atoms. The molecule has 0 unspecified atom stereocenters. The number of amides is 1. The number of pyridine rings is 1. The molecule has 1 aliphatic rings. The van der Waals surface area contributed by atoms with E-state index in [2.05, 4.69) is 27.2 Å². The van der Waals surface area contributed by atoms with Crippen molar-refractivity contribution in [2.24, 2.45) is 0 Å². The van der Waals surface area contributed by atoms with Gasteiger partial charge in [-0.25, -0.2) is 9.97 Å². The Labute approximate surface area is 137 Å². The van der Waals surface area contributed by atoms with E-state index in [1.807, 2.05) is 35.7 Å². The summed E-state index contributed by atoms with van der Waals surface area (Å²) in [5.74, 6) is -0.166. The monoisotopic (exact) mass is 327 g/mol. The molecule has 0 fully saturated rings. The van der Waals surface area contributed by atoms with Crippen LogP contribution >= 0.6 is 11.3 Å². The zero-order chi connectivity index (χ0) is 16.0. The van der Waals surface area contributed by atoms with E-state index in [9.17, 15) is 4.79 Å². The quantitative estimate of drug-likeness (QED) is 0.785. The lowest BCUT2D eigenvalue weighted by atomic mass is 10.2. The van der Waals surface area contributed by atoms with Crippen LogP contribution in [-0.2, 0) is 13.0 Å². The molecule has 0 aliphatic carbocycles. The normalized spacial score (nSPS) is 14.9. The number of hydrogen-bond donors (Lipinski definition) is 1. The Morgan fingerprint density at radius 3 is 3.09 bits per heavy atom. The Kier molecular flexibility index (Phi) is 3.39. The standard InChI is InChI=1S/C16H17N5OS/c1-10-14(21-7-4-3-5-13(21)17-10)15(22)19-16-18-11-6-8-20(2)9-12(11)23-16/h3-5,7H,6,8-9H2,1-2H3,(H,18,19,22). The summed E-state index contributed by atoms with van der Waals surface area (Å²) in [5, 5.41) is 3.61. The first kappa shape index (κ1) is 14.3. The van der Waals surface area contributed by atoms with Gasteiger partial charge in [-0.2, -0.15) is 0 Å². The van der Waals surface area contributed by atoms with Crippen LogP contribution in [0, 0.1) is 6.92 Å². The number of fused-ring (bicyclic) bond motifs is 2. The molecule has 118 valence electrons. The summed E-state index contributed by atoms with van der Waals surface area (Å²) in [5.41, 5.74) is 3.16. The van der Waals surface area contributed by atoms with Crippen LogP contribution in [0.3, 0.4) is 0 Å². The third-order valence-corrected chi connectivity index (χ3v) is 5.06. The maximum Gasteiger partial charge on any atom is 0.276 e.